The summed E-state index contributed by atoms with van der Waals surface area (Å²) < 4.78 is 1.05. The minimum absolute atomic E-state index is 0.139. The van der Waals surface area contributed by atoms with Gasteiger partial charge in [0.2, 0.25) is 0 Å². The van der Waals surface area contributed by atoms with Crippen LogP contribution in [0.2, 0.25) is 5.02 Å². The van der Waals surface area contributed by atoms with Crippen molar-refractivity contribution in [3.05, 3.63) is 33.3 Å². The molecule has 0 saturated carbocycles. The van der Waals surface area contributed by atoms with E-state index >= 15 is 0 Å². The highest BCUT2D eigenvalue weighted by Crippen LogP contribution is 2.42. The summed E-state index contributed by atoms with van der Waals surface area (Å²) in [4.78, 5) is 2.43. The molecule has 1 aromatic rings. The molecule has 3 nitrogen and oxygen atoms in total. The Morgan fingerprint density at radius 1 is 1.40 bits per heavy atom. The monoisotopic (exact) mass is 360 g/mol. The number of halogens is 2. The van der Waals surface area contributed by atoms with Crippen LogP contribution < -0.4 is 5.32 Å². The third-order valence-electron chi connectivity index (χ3n) is 3.92. The zero-order chi connectivity index (χ0) is 14.8. The molecule has 2 rings (SSSR count). The van der Waals surface area contributed by atoms with Crippen molar-refractivity contribution in [2.24, 2.45) is 5.41 Å². The highest BCUT2D eigenvalue weighted by molar-refractivity contribution is 9.10. The van der Waals surface area contributed by atoms with E-state index in [1.165, 1.54) is 0 Å². The van der Waals surface area contributed by atoms with E-state index in [2.05, 4.69) is 40.0 Å². The predicted molar refractivity (Wildman–Crippen MR) is 87.2 cm³/mol. The van der Waals surface area contributed by atoms with Crippen molar-refractivity contribution >= 4 is 27.5 Å². The second-order valence-electron chi connectivity index (χ2n) is 6.00. The third-order valence-corrected chi connectivity index (χ3v) is 4.87. The van der Waals surface area contributed by atoms with Crippen LogP contribution in [0.25, 0.3) is 0 Å². The molecule has 1 aromatic carbocycles. The standard InChI is InChI=1S/C15H22BrClN2O/c1-15(2,10-20)14(19-7-5-18-6-8-19)12-9-11(17)3-4-13(12)16/h3-4,9,14,18,20H,5-8,10H2,1-2H3/t14-/m1/s1. The Balaban J connectivity index is 2.42. The Labute approximate surface area is 134 Å². The molecule has 0 spiro atoms. The summed E-state index contributed by atoms with van der Waals surface area (Å²) in [6, 6.07) is 6.02. The minimum Gasteiger partial charge on any atom is -0.396 e. The lowest BCUT2D eigenvalue weighted by Crippen LogP contribution is -2.49. The smallest absolute Gasteiger partial charge is 0.0500 e. The molecule has 5 heteroatoms. The number of rotatable bonds is 4. The summed E-state index contributed by atoms with van der Waals surface area (Å²) in [6.45, 7) is 8.27. The topological polar surface area (TPSA) is 35.5 Å². The number of nitrogens with one attached hydrogen (secondary N) is 1. The van der Waals surface area contributed by atoms with Gasteiger partial charge in [0.25, 0.3) is 0 Å². The third kappa shape index (κ3) is 3.55. The first-order valence-corrected chi connectivity index (χ1v) is 8.13. The molecule has 0 bridgehead atoms. The minimum atomic E-state index is -0.232. The lowest BCUT2D eigenvalue weighted by Gasteiger charge is -2.44. The van der Waals surface area contributed by atoms with E-state index in [4.69, 9.17) is 11.6 Å². The average Bonchev–Trinajstić information content (AvgIpc) is 2.44. The van der Waals surface area contributed by atoms with Crippen molar-refractivity contribution in [2.45, 2.75) is 19.9 Å². The van der Waals surface area contributed by atoms with Gasteiger partial charge < -0.3 is 10.4 Å². The fourth-order valence-corrected chi connectivity index (χ4v) is 3.51. The summed E-state index contributed by atoms with van der Waals surface area (Å²) in [7, 11) is 0. The second kappa shape index (κ2) is 6.75. The van der Waals surface area contributed by atoms with Gasteiger partial charge in [0.1, 0.15) is 0 Å². The Bertz CT molecular complexity index is 461. The summed E-state index contributed by atoms with van der Waals surface area (Å²) in [5.41, 5.74) is 0.920. The van der Waals surface area contributed by atoms with Crippen molar-refractivity contribution in [3.8, 4) is 0 Å². The number of nitrogens with zero attached hydrogens (tertiary/aromatic N) is 1. The molecular formula is C15H22BrClN2O. The van der Waals surface area contributed by atoms with E-state index in [1.807, 2.05) is 18.2 Å². The molecule has 2 N–H and O–H groups in total. The molecule has 1 fully saturated rings. The number of piperazine rings is 1. The van der Waals surface area contributed by atoms with Gasteiger partial charge in [-0.05, 0) is 23.8 Å². The number of aliphatic hydroxyl groups is 1. The van der Waals surface area contributed by atoms with E-state index in [-0.39, 0.29) is 18.1 Å². The van der Waals surface area contributed by atoms with Crippen LogP contribution in [0.15, 0.2) is 22.7 Å². The molecule has 0 unspecified atom stereocenters. The highest BCUT2D eigenvalue weighted by atomic mass is 79.9. The molecule has 1 aliphatic heterocycles. The maximum atomic E-state index is 9.83. The lowest BCUT2D eigenvalue weighted by molar-refractivity contribution is 0.0301. The van der Waals surface area contributed by atoms with Crippen LogP contribution in [0, 0.1) is 5.41 Å². The largest absolute Gasteiger partial charge is 0.396 e. The lowest BCUT2D eigenvalue weighted by atomic mass is 9.79. The average molecular weight is 362 g/mol. The van der Waals surface area contributed by atoms with E-state index in [0.717, 1.165) is 41.2 Å². The first kappa shape index (κ1) is 16.2. The molecule has 0 aromatic heterocycles. The molecule has 1 heterocycles. The van der Waals surface area contributed by atoms with Crippen LogP contribution >= 0.6 is 27.5 Å². The number of aliphatic hydroxyl groups excluding tert-OH is 1. The Hall–Kier alpha value is -0.130. The summed E-state index contributed by atoms with van der Waals surface area (Å²) in [5, 5.41) is 13.9. The van der Waals surface area contributed by atoms with Gasteiger partial charge in [-0.25, -0.2) is 0 Å². The Morgan fingerprint density at radius 2 is 2.05 bits per heavy atom. The van der Waals surface area contributed by atoms with Gasteiger partial charge in [0.05, 0.1) is 0 Å². The number of benzene rings is 1. The molecule has 1 atom stereocenters. The summed E-state index contributed by atoms with van der Waals surface area (Å²) in [6.07, 6.45) is 0. The normalized spacial score (nSPS) is 19.1. The summed E-state index contributed by atoms with van der Waals surface area (Å²) in [5.74, 6) is 0. The maximum absolute atomic E-state index is 9.83. The van der Waals surface area contributed by atoms with E-state index < -0.39 is 0 Å². The van der Waals surface area contributed by atoms with E-state index in [0.29, 0.717) is 0 Å². The van der Waals surface area contributed by atoms with Crippen LogP contribution in [0.1, 0.15) is 25.5 Å². The van der Waals surface area contributed by atoms with Crippen LogP contribution in [0.5, 0.6) is 0 Å². The van der Waals surface area contributed by atoms with Gasteiger partial charge in [-0.2, -0.15) is 0 Å². The van der Waals surface area contributed by atoms with Crippen LogP contribution in [-0.4, -0.2) is 42.8 Å². The maximum Gasteiger partial charge on any atom is 0.0500 e. The van der Waals surface area contributed by atoms with Crippen molar-refractivity contribution in [1.29, 1.82) is 0 Å². The van der Waals surface area contributed by atoms with Crippen molar-refractivity contribution in [3.63, 3.8) is 0 Å². The van der Waals surface area contributed by atoms with Gasteiger partial charge in [-0.3, -0.25) is 4.90 Å². The molecule has 1 aliphatic rings. The van der Waals surface area contributed by atoms with Gasteiger partial charge in [0.15, 0.2) is 0 Å². The molecule has 112 valence electrons. The molecule has 0 amide bonds. The van der Waals surface area contributed by atoms with Crippen LogP contribution in [-0.2, 0) is 0 Å². The zero-order valence-electron chi connectivity index (χ0n) is 12.0. The first-order valence-electron chi connectivity index (χ1n) is 6.96. The highest BCUT2D eigenvalue weighted by Gasteiger charge is 2.36. The molecular weight excluding hydrogens is 340 g/mol. The molecule has 0 radical (unpaired) electrons. The summed E-state index contributed by atoms with van der Waals surface area (Å²) >= 11 is 9.82. The Morgan fingerprint density at radius 3 is 2.65 bits per heavy atom. The molecule has 1 saturated heterocycles. The quantitative estimate of drug-likeness (QED) is 0.865. The fourth-order valence-electron chi connectivity index (χ4n) is 2.86. The SMILES string of the molecule is CC(C)(CO)[C@@H](c1cc(Cl)ccc1Br)N1CCNCC1. The molecule has 20 heavy (non-hydrogen) atoms. The van der Waals surface area contributed by atoms with Crippen molar-refractivity contribution in [2.75, 3.05) is 32.8 Å². The van der Waals surface area contributed by atoms with Crippen LogP contribution in [0.4, 0.5) is 0 Å². The Kier molecular flexibility index (Phi) is 5.49. The van der Waals surface area contributed by atoms with Crippen LogP contribution in [0.3, 0.4) is 0 Å². The van der Waals surface area contributed by atoms with Gasteiger partial charge >= 0.3 is 0 Å². The van der Waals surface area contributed by atoms with Crippen molar-refractivity contribution in [1.82, 2.24) is 10.2 Å². The number of hydrogen-bond acceptors (Lipinski definition) is 3. The fraction of sp³-hybridized carbons (Fsp3) is 0.600. The van der Waals surface area contributed by atoms with Crippen molar-refractivity contribution < 1.29 is 5.11 Å². The zero-order valence-corrected chi connectivity index (χ0v) is 14.3. The number of hydrogen-bond donors (Lipinski definition) is 2. The van der Waals surface area contributed by atoms with Gasteiger partial charge in [-0.15, -0.1) is 0 Å². The van der Waals surface area contributed by atoms with E-state index in [9.17, 15) is 5.11 Å². The first-order chi connectivity index (χ1) is 9.45. The predicted octanol–water partition coefficient (Wildman–Crippen LogP) is 3.07. The van der Waals surface area contributed by atoms with Gasteiger partial charge in [-0.1, -0.05) is 41.4 Å². The van der Waals surface area contributed by atoms with E-state index in [1.54, 1.807) is 0 Å². The second-order valence-corrected chi connectivity index (χ2v) is 7.29. The van der Waals surface area contributed by atoms with Gasteiger partial charge in [0, 0.05) is 53.7 Å². The molecule has 0 aliphatic carbocycles.